The Morgan fingerprint density at radius 1 is 1.33 bits per heavy atom. The van der Waals surface area contributed by atoms with Crippen molar-refractivity contribution in [2.45, 2.75) is 38.8 Å². The van der Waals surface area contributed by atoms with Gasteiger partial charge in [0.15, 0.2) is 5.78 Å². The molecule has 142 valence electrons. The van der Waals surface area contributed by atoms with Crippen molar-refractivity contribution in [2.24, 2.45) is 0 Å². The number of carbonyl (C=O) groups excluding carboxylic acids is 1. The molecule has 0 spiro atoms. The van der Waals surface area contributed by atoms with Crippen LogP contribution in [-0.2, 0) is 24.0 Å². The lowest BCUT2D eigenvalue weighted by Gasteiger charge is -2.20. The number of hydrogen-bond acceptors (Lipinski definition) is 6. The van der Waals surface area contributed by atoms with Gasteiger partial charge in [-0.05, 0) is 37.5 Å². The fraction of sp³-hybridized carbons (Fsp3) is 0.500. The second-order valence-corrected chi connectivity index (χ2v) is 7.09. The molecule has 7 heteroatoms. The highest BCUT2D eigenvalue weighted by Gasteiger charge is 2.26. The SMILES string of the molecule is Cc1nccc(CC(=O)c2cc(N3CC[C@H](F)C3)nc3c2CCOCC3)n1. The zero-order valence-corrected chi connectivity index (χ0v) is 15.4. The smallest absolute Gasteiger partial charge is 0.169 e. The first-order valence-corrected chi connectivity index (χ1v) is 9.41. The Morgan fingerprint density at radius 2 is 2.19 bits per heavy atom. The molecular formula is C20H23FN4O2. The minimum Gasteiger partial charge on any atom is -0.381 e. The molecule has 6 nitrogen and oxygen atoms in total. The average Bonchev–Trinajstić information content (AvgIpc) is 2.94. The van der Waals surface area contributed by atoms with Crippen molar-refractivity contribution >= 4 is 11.6 Å². The van der Waals surface area contributed by atoms with Crippen LogP contribution < -0.4 is 4.90 Å². The molecule has 2 aromatic heterocycles. The van der Waals surface area contributed by atoms with Crippen LogP contribution in [0, 0.1) is 6.92 Å². The Kier molecular flexibility index (Phi) is 5.11. The zero-order chi connectivity index (χ0) is 18.8. The fourth-order valence-corrected chi connectivity index (χ4v) is 3.74. The van der Waals surface area contributed by atoms with Crippen molar-refractivity contribution in [3.05, 3.63) is 46.7 Å². The predicted molar refractivity (Wildman–Crippen MR) is 99.0 cm³/mol. The van der Waals surface area contributed by atoms with Crippen LogP contribution in [-0.4, -0.2) is 53.2 Å². The molecule has 1 fully saturated rings. The second kappa shape index (κ2) is 7.68. The van der Waals surface area contributed by atoms with Crippen molar-refractivity contribution in [2.75, 3.05) is 31.2 Å². The monoisotopic (exact) mass is 370 g/mol. The molecule has 0 unspecified atom stereocenters. The molecule has 4 rings (SSSR count). The fourth-order valence-electron chi connectivity index (χ4n) is 3.74. The topological polar surface area (TPSA) is 68.2 Å². The van der Waals surface area contributed by atoms with Crippen LogP contribution in [0.2, 0.25) is 0 Å². The van der Waals surface area contributed by atoms with E-state index in [1.54, 1.807) is 12.3 Å². The third-order valence-corrected chi connectivity index (χ3v) is 5.11. The van der Waals surface area contributed by atoms with Crippen LogP contribution in [0.25, 0.3) is 0 Å². The maximum atomic E-state index is 13.7. The third kappa shape index (κ3) is 3.98. The van der Waals surface area contributed by atoms with Gasteiger partial charge < -0.3 is 9.64 Å². The first-order chi connectivity index (χ1) is 13.1. The van der Waals surface area contributed by atoms with Gasteiger partial charge in [-0.3, -0.25) is 4.79 Å². The van der Waals surface area contributed by atoms with Crippen LogP contribution in [0.1, 0.15) is 39.6 Å². The highest BCUT2D eigenvalue weighted by molar-refractivity contribution is 5.99. The van der Waals surface area contributed by atoms with Gasteiger partial charge in [-0.25, -0.2) is 19.3 Å². The molecule has 0 aromatic carbocycles. The van der Waals surface area contributed by atoms with E-state index in [4.69, 9.17) is 9.72 Å². The van der Waals surface area contributed by atoms with E-state index in [1.807, 2.05) is 17.9 Å². The van der Waals surface area contributed by atoms with Crippen molar-refractivity contribution in [1.82, 2.24) is 15.0 Å². The van der Waals surface area contributed by atoms with Gasteiger partial charge in [0.2, 0.25) is 0 Å². The number of carbonyl (C=O) groups is 1. The number of Topliss-reactive ketones (excluding diaryl/α,β-unsaturated/α-hetero) is 1. The Hall–Kier alpha value is -2.41. The first-order valence-electron chi connectivity index (χ1n) is 9.41. The summed E-state index contributed by atoms with van der Waals surface area (Å²) >= 11 is 0. The highest BCUT2D eigenvalue weighted by atomic mass is 19.1. The van der Waals surface area contributed by atoms with E-state index >= 15 is 0 Å². The van der Waals surface area contributed by atoms with Crippen LogP contribution in [0.5, 0.6) is 0 Å². The van der Waals surface area contributed by atoms with Gasteiger partial charge in [-0.2, -0.15) is 0 Å². The van der Waals surface area contributed by atoms with E-state index in [2.05, 4.69) is 9.97 Å². The second-order valence-electron chi connectivity index (χ2n) is 7.09. The molecule has 0 aliphatic carbocycles. The number of alkyl halides is 1. The third-order valence-electron chi connectivity index (χ3n) is 5.11. The van der Waals surface area contributed by atoms with Crippen LogP contribution in [0.3, 0.4) is 0 Å². The summed E-state index contributed by atoms with van der Waals surface area (Å²) in [5.74, 6) is 1.35. The van der Waals surface area contributed by atoms with Gasteiger partial charge >= 0.3 is 0 Å². The molecule has 2 aromatic rings. The number of nitrogens with zero attached hydrogens (tertiary/aromatic N) is 4. The number of ketones is 1. The molecule has 0 amide bonds. The summed E-state index contributed by atoms with van der Waals surface area (Å²) in [5.41, 5.74) is 3.23. The van der Waals surface area contributed by atoms with E-state index in [0.29, 0.717) is 68.5 Å². The Balaban J connectivity index is 1.69. The summed E-state index contributed by atoms with van der Waals surface area (Å²) in [6, 6.07) is 3.60. The maximum Gasteiger partial charge on any atom is 0.169 e. The zero-order valence-electron chi connectivity index (χ0n) is 15.4. The summed E-state index contributed by atoms with van der Waals surface area (Å²) in [6.45, 7) is 3.94. The molecule has 2 aliphatic rings. The van der Waals surface area contributed by atoms with Gasteiger partial charge in [-0.1, -0.05) is 0 Å². The number of anilines is 1. The quantitative estimate of drug-likeness (QED) is 0.769. The van der Waals surface area contributed by atoms with Crippen LogP contribution in [0.15, 0.2) is 18.3 Å². The van der Waals surface area contributed by atoms with Crippen molar-refractivity contribution in [3.63, 3.8) is 0 Å². The summed E-state index contributed by atoms with van der Waals surface area (Å²) in [7, 11) is 0. The van der Waals surface area contributed by atoms with Crippen molar-refractivity contribution < 1.29 is 13.9 Å². The number of pyridine rings is 1. The number of aromatic nitrogens is 3. The summed E-state index contributed by atoms with van der Waals surface area (Å²) in [5, 5.41) is 0. The van der Waals surface area contributed by atoms with Gasteiger partial charge in [0.1, 0.15) is 17.8 Å². The Bertz CT molecular complexity index is 858. The molecule has 4 heterocycles. The maximum absolute atomic E-state index is 13.7. The van der Waals surface area contributed by atoms with E-state index in [-0.39, 0.29) is 12.2 Å². The highest BCUT2D eigenvalue weighted by Crippen LogP contribution is 2.27. The van der Waals surface area contributed by atoms with Gasteiger partial charge in [-0.15, -0.1) is 0 Å². The summed E-state index contributed by atoms with van der Waals surface area (Å²) in [4.78, 5) is 28.2. The van der Waals surface area contributed by atoms with Gasteiger partial charge in [0.05, 0.1) is 31.9 Å². The predicted octanol–water partition coefficient (Wildman–Crippen LogP) is 2.27. The average molecular weight is 370 g/mol. The number of fused-ring (bicyclic) bond motifs is 1. The first kappa shape index (κ1) is 18.0. The number of halogens is 1. The molecule has 1 saturated heterocycles. The lowest BCUT2D eigenvalue weighted by atomic mass is 9.96. The molecule has 1 atom stereocenters. The number of ether oxygens (including phenoxy) is 1. The van der Waals surface area contributed by atoms with Gasteiger partial charge in [0.25, 0.3) is 0 Å². The minimum absolute atomic E-state index is 0.00546. The van der Waals surface area contributed by atoms with Crippen molar-refractivity contribution in [3.8, 4) is 0 Å². The molecule has 0 bridgehead atoms. The van der Waals surface area contributed by atoms with E-state index in [9.17, 15) is 9.18 Å². The summed E-state index contributed by atoms with van der Waals surface area (Å²) < 4.78 is 19.3. The van der Waals surface area contributed by atoms with E-state index in [1.165, 1.54) is 0 Å². The molecule has 0 saturated carbocycles. The van der Waals surface area contributed by atoms with E-state index < -0.39 is 6.17 Å². The largest absolute Gasteiger partial charge is 0.381 e. The number of rotatable bonds is 4. The van der Waals surface area contributed by atoms with Gasteiger partial charge in [0, 0.05) is 30.4 Å². The molecule has 27 heavy (non-hydrogen) atoms. The standard InChI is InChI=1S/C20H23FN4O2/c1-13-22-6-2-15(23-13)10-19(26)17-11-20(25-7-3-14(21)12-25)24-18-5-9-27-8-4-16(17)18/h2,6,11,14H,3-5,7-10,12H2,1H3/t14-/m0/s1. The van der Waals surface area contributed by atoms with Crippen molar-refractivity contribution in [1.29, 1.82) is 0 Å². The molecule has 0 N–H and O–H groups in total. The molecule has 0 radical (unpaired) electrons. The van der Waals surface area contributed by atoms with Crippen LogP contribution >= 0.6 is 0 Å². The normalized spacial score (nSPS) is 19.6. The Morgan fingerprint density at radius 3 is 2.96 bits per heavy atom. The summed E-state index contributed by atoms with van der Waals surface area (Å²) in [6.07, 6.45) is 2.89. The molecular weight excluding hydrogens is 347 g/mol. The molecule has 2 aliphatic heterocycles. The van der Waals surface area contributed by atoms with Crippen LogP contribution in [0.4, 0.5) is 10.2 Å². The lowest BCUT2D eigenvalue weighted by Crippen LogP contribution is -2.23. The lowest BCUT2D eigenvalue weighted by molar-refractivity contribution is 0.0990. The minimum atomic E-state index is -0.836. The number of hydrogen-bond donors (Lipinski definition) is 0. The Labute approximate surface area is 157 Å². The van der Waals surface area contributed by atoms with E-state index in [0.717, 1.165) is 11.3 Å². The number of aryl methyl sites for hydroxylation is 1.